The quantitative estimate of drug-likeness (QED) is 0.893. The molecule has 1 aromatic carbocycles. The van der Waals surface area contributed by atoms with Crippen LogP contribution < -0.4 is 4.74 Å². The van der Waals surface area contributed by atoms with Crippen LogP contribution in [0.25, 0.3) is 0 Å². The van der Waals surface area contributed by atoms with Crippen molar-refractivity contribution in [3.63, 3.8) is 0 Å². The average molecular weight is 265 g/mol. The highest BCUT2D eigenvalue weighted by molar-refractivity contribution is 7.91. The van der Waals surface area contributed by atoms with Crippen LogP contribution in [0.4, 0.5) is 0 Å². The molecule has 0 saturated carbocycles. The number of rotatable bonds is 4. The molecule has 0 bridgehead atoms. The predicted octanol–water partition coefficient (Wildman–Crippen LogP) is 1.42. The summed E-state index contributed by atoms with van der Waals surface area (Å²) in [6, 6.07) is 2.91. The lowest BCUT2D eigenvalue weighted by Gasteiger charge is -2.10. The van der Waals surface area contributed by atoms with Gasteiger partial charge in [0.2, 0.25) is 0 Å². The summed E-state index contributed by atoms with van der Waals surface area (Å²) in [6.45, 7) is 1.24. The smallest absolute Gasteiger partial charge is 0.180 e. The molecule has 0 atom stereocenters. The largest absolute Gasteiger partial charge is 0.495 e. The van der Waals surface area contributed by atoms with Crippen LogP contribution in [0.3, 0.4) is 0 Å². The summed E-state index contributed by atoms with van der Waals surface area (Å²) in [5.41, 5.74) is 0.551. The maximum atomic E-state index is 11.7. The SMILES string of the molecule is COc1cc(C)c(S(=O)(=O)CCO)cc1Cl. The molecule has 6 heteroatoms. The Hall–Kier alpha value is -0.780. The lowest BCUT2D eigenvalue weighted by atomic mass is 10.2. The van der Waals surface area contributed by atoms with E-state index in [2.05, 4.69) is 0 Å². The lowest BCUT2D eigenvalue weighted by molar-refractivity contribution is 0.319. The minimum Gasteiger partial charge on any atom is -0.495 e. The highest BCUT2D eigenvalue weighted by Crippen LogP contribution is 2.30. The molecular weight excluding hydrogens is 252 g/mol. The number of ether oxygens (including phenoxy) is 1. The Balaban J connectivity index is 3.31. The molecule has 0 aliphatic carbocycles. The van der Waals surface area contributed by atoms with Crippen LogP contribution in [-0.4, -0.2) is 33.0 Å². The summed E-state index contributed by atoms with van der Waals surface area (Å²) in [6.07, 6.45) is 0. The zero-order chi connectivity index (χ0) is 12.3. The van der Waals surface area contributed by atoms with E-state index in [1.54, 1.807) is 13.0 Å². The van der Waals surface area contributed by atoms with Crippen molar-refractivity contribution in [2.75, 3.05) is 19.5 Å². The van der Waals surface area contributed by atoms with Crippen molar-refractivity contribution in [1.29, 1.82) is 0 Å². The molecule has 0 amide bonds. The molecule has 90 valence electrons. The van der Waals surface area contributed by atoms with Crippen molar-refractivity contribution >= 4 is 21.4 Å². The predicted molar refractivity (Wildman–Crippen MR) is 61.9 cm³/mol. The van der Waals surface area contributed by atoms with E-state index in [1.165, 1.54) is 13.2 Å². The summed E-state index contributed by atoms with van der Waals surface area (Å²) in [5, 5.41) is 8.93. The van der Waals surface area contributed by atoms with E-state index in [1.807, 2.05) is 0 Å². The molecular formula is C10H13ClO4S. The Kier molecular flexibility index (Phi) is 4.18. The van der Waals surface area contributed by atoms with Gasteiger partial charge in [-0.2, -0.15) is 0 Å². The Morgan fingerprint density at radius 1 is 1.44 bits per heavy atom. The van der Waals surface area contributed by atoms with E-state index in [0.717, 1.165) is 0 Å². The Bertz CT molecular complexity index is 482. The van der Waals surface area contributed by atoms with Crippen molar-refractivity contribution in [3.8, 4) is 5.75 Å². The van der Waals surface area contributed by atoms with Gasteiger partial charge in [-0.3, -0.25) is 0 Å². The highest BCUT2D eigenvalue weighted by atomic mass is 35.5. The maximum Gasteiger partial charge on any atom is 0.180 e. The molecule has 0 aliphatic rings. The lowest BCUT2D eigenvalue weighted by Crippen LogP contribution is -2.11. The van der Waals surface area contributed by atoms with E-state index in [4.69, 9.17) is 21.4 Å². The Morgan fingerprint density at radius 2 is 2.06 bits per heavy atom. The molecule has 0 radical (unpaired) electrons. The third kappa shape index (κ3) is 2.66. The van der Waals surface area contributed by atoms with Gasteiger partial charge in [-0.05, 0) is 24.6 Å². The zero-order valence-electron chi connectivity index (χ0n) is 9.03. The van der Waals surface area contributed by atoms with Crippen LogP contribution >= 0.6 is 11.6 Å². The topological polar surface area (TPSA) is 63.6 Å². The monoisotopic (exact) mass is 264 g/mol. The number of hydrogen-bond acceptors (Lipinski definition) is 4. The number of hydrogen-bond donors (Lipinski definition) is 1. The van der Waals surface area contributed by atoms with Gasteiger partial charge in [0, 0.05) is 0 Å². The van der Waals surface area contributed by atoms with Crippen LogP contribution in [0, 0.1) is 6.92 Å². The number of aliphatic hydroxyl groups is 1. The highest BCUT2D eigenvalue weighted by Gasteiger charge is 2.18. The van der Waals surface area contributed by atoms with Gasteiger partial charge in [0.1, 0.15) is 5.75 Å². The fourth-order valence-corrected chi connectivity index (χ4v) is 2.97. The molecule has 0 aliphatic heterocycles. The standard InChI is InChI=1S/C10H13ClO4S/c1-7-5-9(15-2)8(11)6-10(7)16(13,14)4-3-12/h5-6,12H,3-4H2,1-2H3. The average Bonchev–Trinajstić information content (AvgIpc) is 2.20. The third-order valence-electron chi connectivity index (χ3n) is 2.14. The Morgan fingerprint density at radius 3 is 2.56 bits per heavy atom. The van der Waals surface area contributed by atoms with Crippen LogP contribution in [-0.2, 0) is 9.84 Å². The number of aliphatic hydroxyl groups excluding tert-OH is 1. The first-order valence-electron chi connectivity index (χ1n) is 4.60. The molecule has 1 rings (SSSR count). The van der Waals surface area contributed by atoms with Gasteiger partial charge in [-0.15, -0.1) is 0 Å². The molecule has 0 heterocycles. The van der Waals surface area contributed by atoms with Gasteiger partial charge in [-0.25, -0.2) is 8.42 Å². The van der Waals surface area contributed by atoms with Crippen molar-refractivity contribution in [1.82, 2.24) is 0 Å². The summed E-state index contributed by atoms with van der Waals surface area (Å²) < 4.78 is 28.5. The van der Waals surface area contributed by atoms with Crippen molar-refractivity contribution in [2.24, 2.45) is 0 Å². The summed E-state index contributed by atoms with van der Waals surface area (Å²) in [5.74, 6) is 0.123. The summed E-state index contributed by atoms with van der Waals surface area (Å²) in [4.78, 5) is 0.132. The minimum absolute atomic E-state index is 0.132. The van der Waals surface area contributed by atoms with E-state index >= 15 is 0 Å². The fourth-order valence-electron chi connectivity index (χ4n) is 1.36. The van der Waals surface area contributed by atoms with Crippen molar-refractivity contribution < 1.29 is 18.3 Å². The molecule has 0 saturated heterocycles. The first-order chi connectivity index (χ1) is 7.42. The van der Waals surface area contributed by atoms with Crippen LogP contribution in [0.15, 0.2) is 17.0 Å². The molecule has 1 N–H and O–H groups in total. The first-order valence-corrected chi connectivity index (χ1v) is 6.63. The maximum absolute atomic E-state index is 11.7. The number of sulfone groups is 1. The second-order valence-electron chi connectivity index (χ2n) is 3.29. The number of halogens is 1. The van der Waals surface area contributed by atoms with E-state index in [9.17, 15) is 8.42 Å². The van der Waals surface area contributed by atoms with Gasteiger partial charge in [0.15, 0.2) is 9.84 Å². The third-order valence-corrected chi connectivity index (χ3v) is 4.27. The van der Waals surface area contributed by atoms with Crippen LogP contribution in [0.5, 0.6) is 5.75 Å². The van der Waals surface area contributed by atoms with Gasteiger partial charge < -0.3 is 9.84 Å². The molecule has 16 heavy (non-hydrogen) atoms. The molecule has 0 unspecified atom stereocenters. The Labute approximate surface area is 99.7 Å². The van der Waals surface area contributed by atoms with E-state index in [0.29, 0.717) is 11.3 Å². The molecule has 0 aromatic heterocycles. The molecule has 4 nitrogen and oxygen atoms in total. The van der Waals surface area contributed by atoms with Crippen molar-refractivity contribution in [2.45, 2.75) is 11.8 Å². The van der Waals surface area contributed by atoms with E-state index < -0.39 is 16.4 Å². The zero-order valence-corrected chi connectivity index (χ0v) is 10.6. The number of aryl methyl sites for hydroxylation is 1. The first kappa shape index (κ1) is 13.3. The van der Waals surface area contributed by atoms with Crippen LogP contribution in [0.2, 0.25) is 5.02 Å². The van der Waals surface area contributed by atoms with Crippen molar-refractivity contribution in [3.05, 3.63) is 22.7 Å². The van der Waals surface area contributed by atoms with Gasteiger partial charge in [0.25, 0.3) is 0 Å². The number of benzene rings is 1. The van der Waals surface area contributed by atoms with Crippen LogP contribution in [0.1, 0.15) is 5.56 Å². The van der Waals surface area contributed by atoms with Gasteiger partial charge in [-0.1, -0.05) is 11.6 Å². The minimum atomic E-state index is -3.48. The second kappa shape index (κ2) is 5.03. The molecule has 1 aromatic rings. The molecule has 0 fully saturated rings. The number of methoxy groups -OCH3 is 1. The van der Waals surface area contributed by atoms with E-state index in [-0.39, 0.29) is 15.7 Å². The molecule has 0 spiro atoms. The fraction of sp³-hybridized carbons (Fsp3) is 0.400. The van der Waals surface area contributed by atoms with Gasteiger partial charge >= 0.3 is 0 Å². The summed E-state index contributed by atoms with van der Waals surface area (Å²) in [7, 11) is -2.02. The summed E-state index contributed by atoms with van der Waals surface area (Å²) >= 11 is 5.86. The second-order valence-corrected chi connectivity index (χ2v) is 5.78. The van der Waals surface area contributed by atoms with Gasteiger partial charge in [0.05, 0.1) is 29.4 Å². The normalized spacial score (nSPS) is 11.5.